The van der Waals surface area contributed by atoms with Crippen molar-refractivity contribution in [1.82, 2.24) is 10.4 Å². The second-order valence-corrected chi connectivity index (χ2v) is 9.13. The van der Waals surface area contributed by atoms with Gasteiger partial charge in [-0.15, -0.1) is 0 Å². The number of hydrazine groups is 1. The Labute approximate surface area is 201 Å². The van der Waals surface area contributed by atoms with Gasteiger partial charge in [0.05, 0.1) is 11.1 Å². The van der Waals surface area contributed by atoms with E-state index in [4.69, 9.17) is 32.4 Å². The smallest absolute Gasteiger partial charge is 0.301 e. The van der Waals surface area contributed by atoms with Crippen LogP contribution in [-0.4, -0.2) is 41.8 Å². The minimum absolute atomic E-state index is 0.0351. The number of piperidine rings is 1. The van der Waals surface area contributed by atoms with Crippen LogP contribution in [0.15, 0.2) is 46.9 Å². The van der Waals surface area contributed by atoms with E-state index in [1.54, 1.807) is 30.3 Å². The number of aliphatic hydroxyl groups is 1. The summed E-state index contributed by atoms with van der Waals surface area (Å²) in [4.78, 5) is 12.5. The Morgan fingerprint density at radius 3 is 2.76 bits per heavy atom. The minimum atomic E-state index is -0.636. The SMILES string of the molecule is O=C(NN1CCC(CCC(O)COc2ccc(Cl)c(F)c2)CC1)c1cc2cc(Cl)ccc2o1. The van der Waals surface area contributed by atoms with Crippen molar-refractivity contribution in [3.63, 3.8) is 0 Å². The molecule has 9 heteroatoms. The third-order valence-corrected chi connectivity index (χ3v) is 6.36. The molecule has 1 fully saturated rings. The van der Waals surface area contributed by atoms with E-state index in [0.29, 0.717) is 28.7 Å². The summed E-state index contributed by atoms with van der Waals surface area (Å²) in [5.41, 5.74) is 3.52. The molecule has 6 nitrogen and oxygen atoms in total. The number of rotatable bonds is 8. The summed E-state index contributed by atoms with van der Waals surface area (Å²) < 4.78 is 24.5. The van der Waals surface area contributed by atoms with E-state index in [1.807, 2.05) is 5.01 Å². The number of fused-ring (bicyclic) bond motifs is 1. The number of aliphatic hydroxyl groups excluding tert-OH is 1. The van der Waals surface area contributed by atoms with Crippen molar-refractivity contribution in [2.45, 2.75) is 31.8 Å². The first kappa shape index (κ1) is 23.8. The number of ether oxygens (including phenoxy) is 1. The van der Waals surface area contributed by atoms with Gasteiger partial charge in [0.25, 0.3) is 0 Å². The molecule has 0 bridgehead atoms. The van der Waals surface area contributed by atoms with E-state index in [-0.39, 0.29) is 23.3 Å². The molecule has 1 saturated heterocycles. The second kappa shape index (κ2) is 10.7. The molecule has 33 heavy (non-hydrogen) atoms. The van der Waals surface area contributed by atoms with Crippen molar-refractivity contribution in [3.8, 4) is 5.75 Å². The number of hydrogen-bond donors (Lipinski definition) is 2. The zero-order valence-corrected chi connectivity index (χ0v) is 19.4. The van der Waals surface area contributed by atoms with E-state index < -0.39 is 11.9 Å². The van der Waals surface area contributed by atoms with Gasteiger partial charge < -0.3 is 14.3 Å². The number of furan rings is 1. The Hall–Kier alpha value is -2.32. The second-order valence-electron chi connectivity index (χ2n) is 8.28. The molecular weight excluding hydrogens is 470 g/mol. The molecule has 2 N–H and O–H groups in total. The maximum absolute atomic E-state index is 13.5. The number of nitrogens with one attached hydrogen (secondary N) is 1. The Morgan fingerprint density at radius 2 is 2.00 bits per heavy atom. The largest absolute Gasteiger partial charge is 0.491 e. The summed E-state index contributed by atoms with van der Waals surface area (Å²) in [7, 11) is 0. The standard InChI is InChI=1S/C24H25Cl2FN2O4/c25-17-2-6-22-16(11-17)12-23(33-22)24(31)28-29-9-7-15(8-10-29)1-3-18(30)14-32-19-4-5-20(26)21(27)13-19/h2,4-6,11-13,15,18,30H,1,3,7-10,14H2,(H,28,31). The number of halogens is 3. The molecule has 2 heterocycles. The highest BCUT2D eigenvalue weighted by Crippen LogP contribution is 2.25. The van der Waals surface area contributed by atoms with Crippen LogP contribution >= 0.6 is 23.2 Å². The number of benzene rings is 2. The molecule has 1 aromatic heterocycles. The number of nitrogens with zero attached hydrogens (tertiary/aromatic N) is 1. The Bertz CT molecular complexity index is 1120. The zero-order valence-electron chi connectivity index (χ0n) is 17.9. The van der Waals surface area contributed by atoms with E-state index in [0.717, 1.165) is 37.7 Å². The molecule has 1 aliphatic rings. The molecule has 176 valence electrons. The number of carbonyl (C=O) groups excluding carboxylic acids is 1. The average Bonchev–Trinajstić information content (AvgIpc) is 3.23. The van der Waals surface area contributed by atoms with Gasteiger partial charge in [0.15, 0.2) is 5.76 Å². The fraction of sp³-hybridized carbons (Fsp3) is 0.375. The van der Waals surface area contributed by atoms with Crippen molar-refractivity contribution in [2.75, 3.05) is 19.7 Å². The predicted octanol–water partition coefficient (Wildman–Crippen LogP) is 5.46. The van der Waals surface area contributed by atoms with Crippen molar-refractivity contribution in [3.05, 3.63) is 64.1 Å². The average molecular weight is 495 g/mol. The molecule has 1 amide bonds. The van der Waals surface area contributed by atoms with Gasteiger partial charge in [-0.1, -0.05) is 23.2 Å². The van der Waals surface area contributed by atoms with Crippen LogP contribution < -0.4 is 10.2 Å². The molecular formula is C24H25Cl2FN2O4. The number of amides is 1. The third kappa shape index (κ3) is 6.38. The summed E-state index contributed by atoms with van der Waals surface area (Å²) in [6.07, 6.45) is 2.63. The van der Waals surface area contributed by atoms with Crippen LogP contribution in [0, 0.1) is 11.7 Å². The van der Waals surface area contributed by atoms with Crippen LogP contribution in [0.25, 0.3) is 11.0 Å². The van der Waals surface area contributed by atoms with E-state index >= 15 is 0 Å². The van der Waals surface area contributed by atoms with Gasteiger partial charge in [0.2, 0.25) is 0 Å². The first-order chi connectivity index (χ1) is 15.9. The highest BCUT2D eigenvalue weighted by molar-refractivity contribution is 6.31. The fourth-order valence-corrected chi connectivity index (χ4v) is 4.23. The molecule has 2 aromatic carbocycles. The Morgan fingerprint density at radius 1 is 1.21 bits per heavy atom. The molecule has 0 radical (unpaired) electrons. The van der Waals surface area contributed by atoms with Gasteiger partial charge in [0, 0.05) is 29.6 Å². The first-order valence-corrected chi connectivity index (χ1v) is 11.6. The highest BCUT2D eigenvalue weighted by Gasteiger charge is 2.23. The highest BCUT2D eigenvalue weighted by atomic mass is 35.5. The van der Waals surface area contributed by atoms with Gasteiger partial charge in [-0.25, -0.2) is 9.40 Å². The molecule has 1 unspecified atom stereocenters. The van der Waals surface area contributed by atoms with Crippen molar-refractivity contribution in [2.24, 2.45) is 5.92 Å². The van der Waals surface area contributed by atoms with Crippen LogP contribution in [-0.2, 0) is 0 Å². The lowest BCUT2D eigenvalue weighted by Gasteiger charge is -2.32. The topological polar surface area (TPSA) is 74.9 Å². The lowest BCUT2D eigenvalue weighted by molar-refractivity contribution is 0.0627. The van der Waals surface area contributed by atoms with Gasteiger partial charge in [-0.2, -0.15) is 0 Å². The summed E-state index contributed by atoms with van der Waals surface area (Å²) in [6, 6.07) is 11.1. The lowest BCUT2D eigenvalue weighted by Crippen LogP contribution is -2.46. The molecule has 4 rings (SSSR count). The number of carbonyl (C=O) groups is 1. The summed E-state index contributed by atoms with van der Waals surface area (Å²) in [6.45, 7) is 1.54. The lowest BCUT2D eigenvalue weighted by atomic mass is 9.92. The molecule has 1 atom stereocenters. The fourth-order valence-electron chi connectivity index (χ4n) is 3.93. The molecule has 1 aliphatic heterocycles. The van der Waals surface area contributed by atoms with Gasteiger partial charge >= 0.3 is 5.91 Å². The van der Waals surface area contributed by atoms with Crippen LogP contribution in [0.3, 0.4) is 0 Å². The Balaban J connectivity index is 1.17. The van der Waals surface area contributed by atoms with Crippen molar-refractivity contribution < 1.29 is 23.4 Å². The van der Waals surface area contributed by atoms with E-state index in [2.05, 4.69) is 5.43 Å². The van der Waals surface area contributed by atoms with Gasteiger partial charge in [0.1, 0.15) is 23.8 Å². The van der Waals surface area contributed by atoms with Crippen molar-refractivity contribution in [1.29, 1.82) is 0 Å². The van der Waals surface area contributed by atoms with Crippen LogP contribution in [0.4, 0.5) is 4.39 Å². The third-order valence-electron chi connectivity index (χ3n) is 5.82. The molecule has 3 aromatic rings. The quantitative estimate of drug-likeness (QED) is 0.435. The predicted molar refractivity (Wildman–Crippen MR) is 125 cm³/mol. The molecule has 0 saturated carbocycles. The number of hydrogen-bond acceptors (Lipinski definition) is 5. The van der Waals surface area contributed by atoms with Crippen LogP contribution in [0.2, 0.25) is 10.0 Å². The Kier molecular flexibility index (Phi) is 7.75. The van der Waals surface area contributed by atoms with E-state index in [1.165, 1.54) is 12.1 Å². The summed E-state index contributed by atoms with van der Waals surface area (Å²) >= 11 is 11.6. The van der Waals surface area contributed by atoms with Crippen LogP contribution in [0.1, 0.15) is 36.2 Å². The van der Waals surface area contributed by atoms with Crippen LogP contribution in [0.5, 0.6) is 5.75 Å². The minimum Gasteiger partial charge on any atom is -0.491 e. The maximum atomic E-state index is 13.5. The normalized spacial score (nSPS) is 16.1. The van der Waals surface area contributed by atoms with E-state index in [9.17, 15) is 14.3 Å². The van der Waals surface area contributed by atoms with Crippen molar-refractivity contribution >= 4 is 40.1 Å². The van der Waals surface area contributed by atoms with Gasteiger partial charge in [-0.3, -0.25) is 10.2 Å². The zero-order chi connectivity index (χ0) is 23.4. The maximum Gasteiger partial charge on any atom is 0.301 e. The first-order valence-electron chi connectivity index (χ1n) is 10.9. The molecule has 0 aliphatic carbocycles. The van der Waals surface area contributed by atoms with Gasteiger partial charge in [-0.05, 0) is 68.0 Å². The summed E-state index contributed by atoms with van der Waals surface area (Å²) in [5, 5.41) is 13.5. The monoisotopic (exact) mass is 494 g/mol. The molecule has 0 spiro atoms. The summed E-state index contributed by atoms with van der Waals surface area (Å²) in [5.74, 6) is 0.207.